The van der Waals surface area contributed by atoms with Crippen molar-refractivity contribution in [1.82, 2.24) is 16.0 Å². The molecule has 7 N–H and O–H groups in total. The van der Waals surface area contributed by atoms with Crippen molar-refractivity contribution < 1.29 is 33.0 Å². The smallest absolute Gasteiger partial charge is 0.252 e. The molecule has 0 saturated heterocycles. The number of aliphatic hydroxyl groups excluding tert-OH is 1. The van der Waals surface area contributed by atoms with Crippen LogP contribution in [-0.2, 0) is 32.4 Å². The third-order valence-corrected chi connectivity index (χ3v) is 6.85. The topological polar surface area (TPSA) is 188 Å². The second-order valence-corrected chi connectivity index (χ2v) is 11.8. The van der Waals surface area contributed by atoms with E-state index >= 15 is 0 Å². The minimum absolute atomic E-state index is 0.0648. The van der Waals surface area contributed by atoms with E-state index in [1.54, 1.807) is 20.8 Å². The van der Waals surface area contributed by atoms with Gasteiger partial charge in [0.15, 0.2) is 9.84 Å². The number of nitrogens with one attached hydrogen (secondary N) is 3. The van der Waals surface area contributed by atoms with Crippen molar-refractivity contribution in [2.24, 2.45) is 11.7 Å². The number of rotatable bonds is 13. The normalized spacial score (nSPS) is 14.0. The third kappa shape index (κ3) is 9.78. The summed E-state index contributed by atoms with van der Waals surface area (Å²) in [4.78, 5) is 39.0. The molecule has 0 radical (unpaired) electrons. The van der Waals surface area contributed by atoms with Crippen molar-refractivity contribution in [3.05, 3.63) is 76.2 Å². The van der Waals surface area contributed by atoms with Gasteiger partial charge in [-0.1, -0.05) is 50.3 Å². The number of nitrogens with two attached hydrogens (primary N) is 1. The summed E-state index contributed by atoms with van der Waals surface area (Å²) >= 11 is 0. The van der Waals surface area contributed by atoms with Gasteiger partial charge in [-0.25, -0.2) is 8.42 Å². The molecule has 0 fully saturated rings. The monoisotopic (exact) mass is 574 g/mol. The van der Waals surface area contributed by atoms with E-state index in [2.05, 4.69) is 16.0 Å². The van der Waals surface area contributed by atoms with Crippen LogP contribution in [0.15, 0.2) is 53.9 Å². The number of carbonyl (C=O) groups is 3. The number of aliphatic hydroxyl groups is 1. The van der Waals surface area contributed by atoms with E-state index in [0.29, 0.717) is 12.1 Å². The molecule has 218 valence electrons. The maximum atomic E-state index is 13.1. The first-order valence-electron chi connectivity index (χ1n) is 12.7. The van der Waals surface area contributed by atoms with E-state index in [1.165, 1.54) is 24.3 Å². The van der Waals surface area contributed by atoms with E-state index < -0.39 is 52.3 Å². The Hall–Kier alpha value is -3.74. The average molecular weight is 575 g/mol. The van der Waals surface area contributed by atoms with Gasteiger partial charge in [-0.2, -0.15) is 0 Å². The van der Waals surface area contributed by atoms with E-state index in [4.69, 9.17) is 5.73 Å². The van der Waals surface area contributed by atoms with Crippen LogP contribution in [-0.4, -0.2) is 67.3 Å². The number of hydrogen-bond donors (Lipinski definition) is 6. The maximum absolute atomic E-state index is 13.1. The van der Waals surface area contributed by atoms with Gasteiger partial charge in [0.25, 0.3) is 5.91 Å². The number of carbonyl (C=O) groups excluding carboxylic acids is 3. The minimum Gasteiger partial charge on any atom is -0.508 e. The first kappa shape index (κ1) is 32.5. The third-order valence-electron chi connectivity index (χ3n) is 6.20. The zero-order valence-electron chi connectivity index (χ0n) is 23.0. The van der Waals surface area contributed by atoms with Crippen molar-refractivity contribution >= 4 is 27.6 Å². The van der Waals surface area contributed by atoms with Gasteiger partial charge in [-0.3, -0.25) is 14.4 Å². The van der Waals surface area contributed by atoms with Crippen LogP contribution in [0, 0.1) is 12.8 Å². The Kier molecular flexibility index (Phi) is 11.8. The first-order valence-corrected chi connectivity index (χ1v) is 14.7. The predicted molar refractivity (Wildman–Crippen MR) is 152 cm³/mol. The van der Waals surface area contributed by atoms with Crippen molar-refractivity contribution in [1.29, 1.82) is 0 Å². The average Bonchev–Trinajstić information content (AvgIpc) is 2.89. The number of aromatic hydroxyl groups is 1. The number of benzene rings is 2. The fourth-order valence-electron chi connectivity index (χ4n) is 3.83. The Balaban J connectivity index is 2.17. The molecule has 0 aliphatic carbocycles. The molecule has 11 nitrogen and oxygen atoms in total. The zero-order chi connectivity index (χ0) is 30.0. The van der Waals surface area contributed by atoms with Gasteiger partial charge >= 0.3 is 0 Å². The summed E-state index contributed by atoms with van der Waals surface area (Å²) in [6.07, 6.45) is 2.59. The lowest BCUT2D eigenvalue weighted by atomic mass is 10.0. The summed E-state index contributed by atoms with van der Waals surface area (Å²) in [7, 11) is -3.49. The summed E-state index contributed by atoms with van der Waals surface area (Å²) in [6, 6.07) is 8.53. The van der Waals surface area contributed by atoms with E-state index in [9.17, 15) is 33.0 Å². The Labute approximate surface area is 234 Å². The van der Waals surface area contributed by atoms with Crippen LogP contribution in [0.5, 0.6) is 5.75 Å². The molecule has 0 spiro atoms. The molecule has 12 heteroatoms. The van der Waals surface area contributed by atoms with Crippen LogP contribution in [0.25, 0.3) is 0 Å². The molecule has 0 aliphatic heterocycles. The summed E-state index contributed by atoms with van der Waals surface area (Å²) in [5.41, 5.74) is 7.88. The van der Waals surface area contributed by atoms with Gasteiger partial charge in [0.2, 0.25) is 11.8 Å². The van der Waals surface area contributed by atoms with Crippen LogP contribution in [0.4, 0.5) is 0 Å². The molecule has 0 aromatic heterocycles. The Morgan fingerprint density at radius 1 is 0.975 bits per heavy atom. The van der Waals surface area contributed by atoms with E-state index in [1.807, 2.05) is 24.3 Å². The lowest BCUT2D eigenvalue weighted by molar-refractivity contribution is -0.131. The van der Waals surface area contributed by atoms with Gasteiger partial charge < -0.3 is 31.9 Å². The van der Waals surface area contributed by atoms with Crippen LogP contribution >= 0.6 is 0 Å². The molecule has 3 unspecified atom stereocenters. The highest BCUT2D eigenvalue weighted by molar-refractivity contribution is 7.93. The molecule has 0 heterocycles. The van der Waals surface area contributed by atoms with Crippen LogP contribution in [0.3, 0.4) is 0 Å². The highest BCUT2D eigenvalue weighted by atomic mass is 32.2. The van der Waals surface area contributed by atoms with Gasteiger partial charge in [0.05, 0.1) is 12.6 Å². The summed E-state index contributed by atoms with van der Waals surface area (Å²) in [6.45, 7) is 4.60. The lowest BCUT2D eigenvalue weighted by Gasteiger charge is -2.26. The van der Waals surface area contributed by atoms with E-state index in [-0.39, 0.29) is 23.7 Å². The molecule has 0 saturated carbocycles. The van der Waals surface area contributed by atoms with Crippen molar-refractivity contribution in [3.8, 4) is 5.75 Å². The maximum Gasteiger partial charge on any atom is 0.252 e. The summed E-state index contributed by atoms with van der Waals surface area (Å²) in [5, 5.41) is 28.5. The van der Waals surface area contributed by atoms with Crippen molar-refractivity contribution in [2.75, 3.05) is 12.9 Å². The number of phenols is 1. The zero-order valence-corrected chi connectivity index (χ0v) is 23.9. The minimum atomic E-state index is -3.49. The molecule has 40 heavy (non-hydrogen) atoms. The SMILES string of the molecule is Cc1c(O)cccc1C(=O)NC(C(=O)NC(CO)C(=O)NC(C=CS(C)(=O)=O)Cc1ccc(CN)cc1)C(C)C. The molecule has 2 aromatic carbocycles. The standard InChI is InChI=1S/C28H38N4O7S/c1-17(2)25(32-26(35)22-6-5-7-24(34)18(22)3)28(37)31-23(16-33)27(36)30-21(12-13-40(4,38)39)14-19-8-10-20(15-29)11-9-19/h5-13,17,21,23,25,33-34H,14-16,29H2,1-4H3,(H,30,36)(H,31,37)(H,32,35). The predicted octanol–water partition coefficient (Wildman–Crippen LogP) is 0.677. The molecule has 0 aliphatic rings. The highest BCUT2D eigenvalue weighted by Crippen LogP contribution is 2.20. The number of sulfone groups is 1. The molecule has 3 amide bonds. The Morgan fingerprint density at radius 3 is 2.15 bits per heavy atom. The fourth-order valence-corrected chi connectivity index (χ4v) is 4.31. The molecular formula is C28H38N4O7S. The summed E-state index contributed by atoms with van der Waals surface area (Å²) < 4.78 is 23.4. The van der Waals surface area contributed by atoms with Crippen molar-refractivity contribution in [3.63, 3.8) is 0 Å². The second-order valence-electron chi connectivity index (χ2n) is 9.89. The number of hydrogen-bond acceptors (Lipinski definition) is 8. The second kappa shape index (κ2) is 14.6. The Morgan fingerprint density at radius 2 is 1.60 bits per heavy atom. The fraction of sp³-hybridized carbons (Fsp3) is 0.393. The summed E-state index contributed by atoms with van der Waals surface area (Å²) in [5.74, 6) is -2.47. The Bertz CT molecular complexity index is 1320. The quantitative estimate of drug-likeness (QED) is 0.201. The largest absolute Gasteiger partial charge is 0.508 e. The highest BCUT2D eigenvalue weighted by Gasteiger charge is 2.30. The lowest BCUT2D eigenvalue weighted by Crippen LogP contribution is -2.57. The van der Waals surface area contributed by atoms with Gasteiger partial charge in [0, 0.05) is 29.3 Å². The van der Waals surface area contributed by atoms with Crippen LogP contribution in [0.1, 0.15) is 40.9 Å². The molecule has 2 rings (SSSR count). The molecule has 2 aromatic rings. The van der Waals surface area contributed by atoms with Crippen LogP contribution in [0.2, 0.25) is 0 Å². The van der Waals surface area contributed by atoms with Gasteiger partial charge in [-0.15, -0.1) is 0 Å². The van der Waals surface area contributed by atoms with Crippen LogP contribution < -0.4 is 21.7 Å². The molecule has 3 atom stereocenters. The molecule has 0 bridgehead atoms. The first-order chi connectivity index (χ1) is 18.7. The van der Waals surface area contributed by atoms with Crippen molar-refractivity contribution in [2.45, 2.75) is 51.9 Å². The van der Waals surface area contributed by atoms with Gasteiger partial charge in [-0.05, 0) is 42.5 Å². The van der Waals surface area contributed by atoms with E-state index in [0.717, 1.165) is 22.8 Å². The number of phenolic OH excluding ortho intramolecular Hbond substituents is 1. The van der Waals surface area contributed by atoms with Gasteiger partial charge in [0.1, 0.15) is 17.8 Å². The number of amides is 3. The molecular weight excluding hydrogens is 536 g/mol.